The van der Waals surface area contributed by atoms with Crippen LogP contribution in [-0.4, -0.2) is 11.1 Å². The topological polar surface area (TPSA) is 37.3 Å². The van der Waals surface area contributed by atoms with Crippen LogP contribution in [0.2, 0.25) is 0 Å². The number of aliphatic carboxylic acids is 1. The van der Waals surface area contributed by atoms with Gasteiger partial charge in [0.05, 0.1) is 0 Å². The summed E-state index contributed by atoms with van der Waals surface area (Å²) < 4.78 is 0. The van der Waals surface area contributed by atoms with E-state index in [1.165, 1.54) is 135 Å². The molecule has 1 N–H and O–H groups in total. The number of carboxylic acid groups (broad SMARTS) is 1. The third-order valence-corrected chi connectivity index (χ3v) is 8.94. The van der Waals surface area contributed by atoms with Gasteiger partial charge in [-0.05, 0) is 62.2 Å². The maximum atomic E-state index is 10.8. The number of hydrogen-bond acceptors (Lipinski definition) is 1. The maximum absolute atomic E-state index is 10.8. The van der Waals surface area contributed by atoms with E-state index in [4.69, 9.17) is 5.11 Å². The summed E-state index contributed by atoms with van der Waals surface area (Å²) in [5, 5.41) is 8.87. The van der Waals surface area contributed by atoms with Crippen molar-refractivity contribution < 1.29 is 9.90 Å². The van der Waals surface area contributed by atoms with Gasteiger partial charge in [0.2, 0.25) is 0 Å². The van der Waals surface area contributed by atoms with Crippen molar-refractivity contribution in [3.05, 3.63) is 24.3 Å². The van der Waals surface area contributed by atoms with E-state index in [1.807, 2.05) is 0 Å². The molecule has 0 aliphatic heterocycles. The van der Waals surface area contributed by atoms with Gasteiger partial charge < -0.3 is 5.11 Å². The molecule has 2 nitrogen and oxygen atoms in total. The first kappa shape index (κ1) is 35.0. The lowest BCUT2D eigenvalue weighted by Gasteiger charge is -2.39. The standard InChI is InChI=1S/C36H66O2/c1-4-7-10-13-14-15-18-23-28-35-33(26-21-17-16-19-24-29-36(37)38)31-30-32(25-20-11-8-5-2)34(35)27-22-12-9-6-3/h23,28,30-35H,4-22,24-27,29H2,1-3H3,(H,37,38)/b28-23+. The molecule has 4 unspecified atom stereocenters. The fourth-order valence-electron chi connectivity index (χ4n) is 6.55. The minimum absolute atomic E-state index is 0.330. The van der Waals surface area contributed by atoms with Gasteiger partial charge in [-0.15, -0.1) is 0 Å². The lowest BCUT2D eigenvalue weighted by molar-refractivity contribution is -0.137. The van der Waals surface area contributed by atoms with Crippen LogP contribution in [0.15, 0.2) is 24.3 Å². The normalized spacial score (nSPS) is 21.4. The second kappa shape index (κ2) is 25.0. The predicted octanol–water partition coefficient (Wildman–Crippen LogP) is 12.1. The Morgan fingerprint density at radius 2 is 1.08 bits per heavy atom. The minimum Gasteiger partial charge on any atom is -0.481 e. The zero-order valence-electron chi connectivity index (χ0n) is 25.9. The highest BCUT2D eigenvalue weighted by atomic mass is 16.4. The van der Waals surface area contributed by atoms with Crippen LogP contribution >= 0.6 is 0 Å². The second-order valence-corrected chi connectivity index (χ2v) is 12.3. The number of rotatable bonds is 26. The molecule has 0 amide bonds. The average molecular weight is 531 g/mol. The molecule has 4 atom stereocenters. The molecule has 0 heterocycles. The molecule has 0 aromatic rings. The molecule has 0 bridgehead atoms. The largest absolute Gasteiger partial charge is 0.481 e. The quantitative estimate of drug-likeness (QED) is 0.0891. The Balaban J connectivity index is 2.76. The van der Waals surface area contributed by atoms with Gasteiger partial charge in [0.25, 0.3) is 0 Å². The molecular formula is C36H66O2. The molecule has 1 rings (SSSR count). The van der Waals surface area contributed by atoms with Crippen molar-refractivity contribution in [3.8, 4) is 0 Å². The molecule has 38 heavy (non-hydrogen) atoms. The van der Waals surface area contributed by atoms with Gasteiger partial charge in [-0.3, -0.25) is 4.79 Å². The fraction of sp³-hybridized carbons (Fsp3) is 0.861. The first-order valence-corrected chi connectivity index (χ1v) is 17.2. The van der Waals surface area contributed by atoms with Gasteiger partial charge in [0.1, 0.15) is 0 Å². The van der Waals surface area contributed by atoms with Crippen molar-refractivity contribution >= 4 is 5.97 Å². The van der Waals surface area contributed by atoms with Crippen LogP contribution in [0.5, 0.6) is 0 Å². The minimum atomic E-state index is -0.651. The molecule has 0 aromatic carbocycles. The van der Waals surface area contributed by atoms with Crippen molar-refractivity contribution in [2.75, 3.05) is 0 Å². The molecule has 2 heteroatoms. The summed E-state index contributed by atoms with van der Waals surface area (Å²) in [6.45, 7) is 6.94. The summed E-state index contributed by atoms with van der Waals surface area (Å²) in [6.07, 6.45) is 41.1. The van der Waals surface area contributed by atoms with Gasteiger partial charge >= 0.3 is 5.97 Å². The van der Waals surface area contributed by atoms with Gasteiger partial charge in [0.15, 0.2) is 0 Å². The number of unbranched alkanes of at least 4 members (excludes halogenated alkanes) is 16. The monoisotopic (exact) mass is 531 g/mol. The van der Waals surface area contributed by atoms with Crippen LogP contribution in [0.3, 0.4) is 0 Å². The van der Waals surface area contributed by atoms with E-state index in [0.717, 1.165) is 24.7 Å². The zero-order chi connectivity index (χ0) is 27.7. The van der Waals surface area contributed by atoms with E-state index >= 15 is 0 Å². The van der Waals surface area contributed by atoms with Crippen LogP contribution in [0.1, 0.15) is 175 Å². The zero-order valence-corrected chi connectivity index (χ0v) is 25.9. The maximum Gasteiger partial charge on any atom is 0.303 e. The smallest absolute Gasteiger partial charge is 0.303 e. The SMILES string of the molecule is CCCCCCCC/C=C/C1C(CCCCCCCC(=O)O)C=CC(CCCCCC)C1CCCCCC. The van der Waals surface area contributed by atoms with Crippen LogP contribution in [0.25, 0.3) is 0 Å². The Morgan fingerprint density at radius 3 is 1.71 bits per heavy atom. The molecule has 0 aromatic heterocycles. The van der Waals surface area contributed by atoms with Crippen molar-refractivity contribution in [3.63, 3.8) is 0 Å². The fourth-order valence-corrected chi connectivity index (χ4v) is 6.55. The molecule has 0 saturated heterocycles. The molecule has 0 fully saturated rings. The molecule has 0 saturated carbocycles. The van der Waals surface area contributed by atoms with Crippen LogP contribution < -0.4 is 0 Å². The van der Waals surface area contributed by atoms with Crippen molar-refractivity contribution in [1.29, 1.82) is 0 Å². The summed E-state index contributed by atoms with van der Waals surface area (Å²) in [5.41, 5.74) is 0. The lowest BCUT2D eigenvalue weighted by Crippen LogP contribution is -2.30. The molecular weight excluding hydrogens is 464 g/mol. The number of hydrogen-bond donors (Lipinski definition) is 1. The Kier molecular flexibility index (Phi) is 23.0. The number of allylic oxidation sites excluding steroid dienone is 4. The predicted molar refractivity (Wildman–Crippen MR) is 168 cm³/mol. The van der Waals surface area contributed by atoms with Gasteiger partial charge in [-0.1, -0.05) is 154 Å². The van der Waals surface area contributed by atoms with Crippen molar-refractivity contribution in [1.82, 2.24) is 0 Å². The average Bonchev–Trinajstić information content (AvgIpc) is 2.91. The highest BCUT2D eigenvalue weighted by Crippen LogP contribution is 2.43. The van der Waals surface area contributed by atoms with Crippen molar-refractivity contribution in [2.45, 2.75) is 175 Å². The van der Waals surface area contributed by atoms with Crippen LogP contribution in [-0.2, 0) is 4.79 Å². The Morgan fingerprint density at radius 1 is 0.605 bits per heavy atom. The van der Waals surface area contributed by atoms with E-state index in [2.05, 4.69) is 45.1 Å². The van der Waals surface area contributed by atoms with Gasteiger partial charge in [-0.2, -0.15) is 0 Å². The highest BCUT2D eigenvalue weighted by Gasteiger charge is 2.33. The van der Waals surface area contributed by atoms with Crippen LogP contribution in [0, 0.1) is 23.7 Å². The molecule has 0 spiro atoms. The molecule has 0 radical (unpaired) electrons. The third kappa shape index (κ3) is 17.5. The summed E-state index contributed by atoms with van der Waals surface area (Å²) >= 11 is 0. The first-order valence-electron chi connectivity index (χ1n) is 17.2. The number of carboxylic acids is 1. The van der Waals surface area contributed by atoms with E-state index in [1.54, 1.807) is 0 Å². The highest BCUT2D eigenvalue weighted by molar-refractivity contribution is 5.66. The summed E-state index contributed by atoms with van der Waals surface area (Å²) in [6, 6.07) is 0. The van der Waals surface area contributed by atoms with Crippen LogP contribution in [0.4, 0.5) is 0 Å². The molecule has 1 aliphatic carbocycles. The van der Waals surface area contributed by atoms with E-state index in [0.29, 0.717) is 18.3 Å². The molecule has 222 valence electrons. The Labute approximate surface area is 238 Å². The van der Waals surface area contributed by atoms with E-state index in [-0.39, 0.29) is 0 Å². The van der Waals surface area contributed by atoms with E-state index < -0.39 is 5.97 Å². The lowest BCUT2D eigenvalue weighted by atomic mass is 9.66. The second-order valence-electron chi connectivity index (χ2n) is 12.3. The molecule has 1 aliphatic rings. The van der Waals surface area contributed by atoms with Gasteiger partial charge in [-0.25, -0.2) is 0 Å². The Bertz CT molecular complexity index is 592. The first-order chi connectivity index (χ1) is 18.6. The Hall–Kier alpha value is -1.05. The summed E-state index contributed by atoms with van der Waals surface area (Å²) in [5.74, 6) is 2.34. The summed E-state index contributed by atoms with van der Waals surface area (Å²) in [7, 11) is 0. The van der Waals surface area contributed by atoms with Crippen molar-refractivity contribution in [2.24, 2.45) is 23.7 Å². The van der Waals surface area contributed by atoms with Gasteiger partial charge in [0, 0.05) is 6.42 Å². The van der Waals surface area contributed by atoms with E-state index in [9.17, 15) is 4.79 Å². The number of carbonyl (C=O) groups is 1. The third-order valence-electron chi connectivity index (χ3n) is 8.94. The summed E-state index contributed by atoms with van der Waals surface area (Å²) in [4.78, 5) is 10.8.